The third-order valence-electron chi connectivity index (χ3n) is 6.38. The molecule has 0 aliphatic carbocycles. The fraction of sp³-hybridized carbons (Fsp3) is 0.500. The van der Waals surface area contributed by atoms with Gasteiger partial charge in [0, 0.05) is 32.2 Å². The molecular formula is C24H31N3O3. The SMILES string of the molecule is O=C(NCCc1ccccc1)[C@@H]1CCCN(C2CCN(C(=O)c3ccco3)CC2)C1. The largest absolute Gasteiger partial charge is 0.459 e. The summed E-state index contributed by atoms with van der Waals surface area (Å²) in [6.45, 7) is 4.05. The Kier molecular flexibility index (Phi) is 6.84. The second kappa shape index (κ2) is 9.94. The standard InChI is InChI=1S/C24H31N3O3/c28-23(25-13-10-19-6-2-1-3-7-19)20-8-4-14-27(18-20)21-11-15-26(16-12-21)24(29)22-9-5-17-30-22/h1-3,5-7,9,17,20-21H,4,8,10-16,18H2,(H,25,28)/t20-/m1/s1. The first-order valence-corrected chi connectivity index (χ1v) is 11.1. The number of likely N-dealkylation sites (tertiary alicyclic amines) is 2. The van der Waals surface area contributed by atoms with Gasteiger partial charge in [-0.2, -0.15) is 0 Å². The van der Waals surface area contributed by atoms with E-state index in [0.717, 1.165) is 58.3 Å². The third-order valence-corrected chi connectivity index (χ3v) is 6.38. The average molecular weight is 410 g/mol. The van der Waals surface area contributed by atoms with Crippen molar-refractivity contribution in [1.29, 1.82) is 0 Å². The molecule has 1 atom stereocenters. The number of hydrogen-bond donors (Lipinski definition) is 1. The molecule has 0 radical (unpaired) electrons. The average Bonchev–Trinajstić information content (AvgIpc) is 3.34. The summed E-state index contributed by atoms with van der Waals surface area (Å²) in [6.07, 6.45) is 6.33. The zero-order valence-corrected chi connectivity index (χ0v) is 17.5. The molecule has 6 heteroatoms. The van der Waals surface area contributed by atoms with Crippen molar-refractivity contribution >= 4 is 11.8 Å². The quantitative estimate of drug-likeness (QED) is 0.797. The zero-order chi connectivity index (χ0) is 20.8. The monoisotopic (exact) mass is 409 g/mol. The maximum absolute atomic E-state index is 12.7. The molecule has 160 valence electrons. The highest BCUT2D eigenvalue weighted by atomic mass is 16.3. The molecule has 1 N–H and O–H groups in total. The lowest BCUT2D eigenvalue weighted by Gasteiger charge is -2.41. The highest BCUT2D eigenvalue weighted by Gasteiger charge is 2.33. The van der Waals surface area contributed by atoms with Crippen molar-refractivity contribution in [3.8, 4) is 0 Å². The van der Waals surface area contributed by atoms with Crippen LogP contribution in [0.1, 0.15) is 41.8 Å². The number of hydrogen-bond acceptors (Lipinski definition) is 4. The van der Waals surface area contributed by atoms with Crippen LogP contribution < -0.4 is 5.32 Å². The number of piperidine rings is 2. The van der Waals surface area contributed by atoms with Gasteiger partial charge in [0.2, 0.25) is 5.91 Å². The molecule has 0 spiro atoms. The minimum Gasteiger partial charge on any atom is -0.459 e. The number of nitrogens with zero attached hydrogens (tertiary/aromatic N) is 2. The molecule has 0 bridgehead atoms. The molecule has 0 saturated carbocycles. The van der Waals surface area contributed by atoms with Crippen LogP contribution in [0.4, 0.5) is 0 Å². The van der Waals surface area contributed by atoms with E-state index in [0.29, 0.717) is 18.3 Å². The Morgan fingerprint density at radius 2 is 1.80 bits per heavy atom. The molecule has 1 aromatic heterocycles. The molecule has 2 saturated heterocycles. The number of benzene rings is 1. The van der Waals surface area contributed by atoms with E-state index in [1.807, 2.05) is 23.1 Å². The number of rotatable bonds is 6. The molecule has 2 fully saturated rings. The van der Waals surface area contributed by atoms with Crippen molar-refractivity contribution in [3.05, 3.63) is 60.1 Å². The topological polar surface area (TPSA) is 65.8 Å². The van der Waals surface area contributed by atoms with Crippen LogP contribution >= 0.6 is 0 Å². The van der Waals surface area contributed by atoms with Crippen LogP contribution in [-0.2, 0) is 11.2 Å². The van der Waals surface area contributed by atoms with Crippen LogP contribution in [0.25, 0.3) is 0 Å². The first-order chi connectivity index (χ1) is 14.7. The molecule has 3 heterocycles. The van der Waals surface area contributed by atoms with E-state index in [-0.39, 0.29) is 17.7 Å². The van der Waals surface area contributed by atoms with Crippen LogP contribution in [0.5, 0.6) is 0 Å². The fourth-order valence-electron chi connectivity index (χ4n) is 4.66. The van der Waals surface area contributed by atoms with Gasteiger partial charge in [0.15, 0.2) is 5.76 Å². The Bertz CT molecular complexity index is 813. The highest BCUT2D eigenvalue weighted by Crippen LogP contribution is 2.25. The van der Waals surface area contributed by atoms with Crippen molar-refractivity contribution in [1.82, 2.24) is 15.1 Å². The van der Waals surface area contributed by atoms with Gasteiger partial charge in [0.05, 0.1) is 12.2 Å². The normalized spacial score (nSPS) is 20.8. The number of carbonyl (C=O) groups excluding carboxylic acids is 2. The Hall–Kier alpha value is -2.60. The number of nitrogens with one attached hydrogen (secondary N) is 1. The number of amides is 2. The number of carbonyl (C=O) groups is 2. The van der Waals surface area contributed by atoms with Gasteiger partial charge >= 0.3 is 0 Å². The lowest BCUT2D eigenvalue weighted by atomic mass is 9.93. The van der Waals surface area contributed by atoms with Crippen LogP contribution in [0.3, 0.4) is 0 Å². The second-order valence-electron chi connectivity index (χ2n) is 8.36. The lowest BCUT2D eigenvalue weighted by molar-refractivity contribution is -0.127. The molecule has 2 aliphatic heterocycles. The summed E-state index contributed by atoms with van der Waals surface area (Å²) in [7, 11) is 0. The van der Waals surface area contributed by atoms with Gasteiger partial charge in [-0.1, -0.05) is 30.3 Å². The summed E-state index contributed by atoms with van der Waals surface area (Å²) in [5.41, 5.74) is 1.25. The van der Waals surface area contributed by atoms with E-state index in [9.17, 15) is 9.59 Å². The van der Waals surface area contributed by atoms with Gasteiger partial charge in [-0.15, -0.1) is 0 Å². The van der Waals surface area contributed by atoms with Crippen molar-refractivity contribution < 1.29 is 14.0 Å². The van der Waals surface area contributed by atoms with E-state index < -0.39 is 0 Å². The summed E-state index contributed by atoms with van der Waals surface area (Å²) < 4.78 is 5.25. The Morgan fingerprint density at radius 1 is 1.00 bits per heavy atom. The fourth-order valence-corrected chi connectivity index (χ4v) is 4.66. The van der Waals surface area contributed by atoms with Gasteiger partial charge in [0.1, 0.15) is 0 Å². The Labute approximate surface area is 178 Å². The molecule has 1 aromatic carbocycles. The van der Waals surface area contributed by atoms with E-state index in [4.69, 9.17) is 4.42 Å². The highest BCUT2D eigenvalue weighted by molar-refractivity contribution is 5.91. The summed E-state index contributed by atoms with van der Waals surface area (Å²) in [5, 5.41) is 3.13. The predicted molar refractivity (Wildman–Crippen MR) is 115 cm³/mol. The molecule has 2 amide bonds. The van der Waals surface area contributed by atoms with Crippen molar-refractivity contribution in [2.24, 2.45) is 5.92 Å². The minimum atomic E-state index is -0.0206. The maximum Gasteiger partial charge on any atom is 0.289 e. The smallest absolute Gasteiger partial charge is 0.289 e. The summed E-state index contributed by atoms with van der Waals surface area (Å²) in [6, 6.07) is 14.2. The van der Waals surface area contributed by atoms with Gasteiger partial charge in [-0.3, -0.25) is 14.5 Å². The molecule has 2 aromatic rings. The van der Waals surface area contributed by atoms with Crippen molar-refractivity contribution in [2.45, 2.75) is 38.1 Å². The first-order valence-electron chi connectivity index (χ1n) is 11.1. The molecule has 0 unspecified atom stereocenters. The number of furan rings is 1. The Morgan fingerprint density at radius 3 is 2.53 bits per heavy atom. The van der Waals surface area contributed by atoms with Crippen LogP contribution in [0.15, 0.2) is 53.1 Å². The predicted octanol–water partition coefficient (Wildman–Crippen LogP) is 2.96. The van der Waals surface area contributed by atoms with Gasteiger partial charge in [-0.05, 0) is 56.3 Å². The molecule has 6 nitrogen and oxygen atoms in total. The summed E-state index contributed by atoms with van der Waals surface area (Å²) in [5.74, 6) is 0.643. The lowest BCUT2D eigenvalue weighted by Crippen LogP contribution is -2.51. The molecule has 30 heavy (non-hydrogen) atoms. The maximum atomic E-state index is 12.7. The zero-order valence-electron chi connectivity index (χ0n) is 17.5. The van der Waals surface area contributed by atoms with E-state index in [1.54, 1.807) is 18.4 Å². The van der Waals surface area contributed by atoms with Gasteiger partial charge in [0.25, 0.3) is 5.91 Å². The summed E-state index contributed by atoms with van der Waals surface area (Å²) in [4.78, 5) is 29.5. The van der Waals surface area contributed by atoms with Crippen LogP contribution in [0.2, 0.25) is 0 Å². The Balaban J connectivity index is 1.22. The minimum absolute atomic E-state index is 0.0206. The first kappa shape index (κ1) is 20.7. The third kappa shape index (κ3) is 5.11. The van der Waals surface area contributed by atoms with E-state index >= 15 is 0 Å². The van der Waals surface area contributed by atoms with Crippen LogP contribution in [-0.4, -0.2) is 60.4 Å². The van der Waals surface area contributed by atoms with Gasteiger partial charge < -0.3 is 14.6 Å². The van der Waals surface area contributed by atoms with Crippen molar-refractivity contribution in [3.63, 3.8) is 0 Å². The van der Waals surface area contributed by atoms with Gasteiger partial charge in [-0.25, -0.2) is 0 Å². The second-order valence-corrected chi connectivity index (χ2v) is 8.36. The van der Waals surface area contributed by atoms with Crippen LogP contribution in [0, 0.1) is 5.92 Å². The summed E-state index contributed by atoms with van der Waals surface area (Å²) >= 11 is 0. The molecular weight excluding hydrogens is 378 g/mol. The molecule has 2 aliphatic rings. The van der Waals surface area contributed by atoms with E-state index in [1.165, 1.54) is 5.56 Å². The van der Waals surface area contributed by atoms with E-state index in [2.05, 4.69) is 22.3 Å². The molecule has 4 rings (SSSR count). The van der Waals surface area contributed by atoms with Crippen molar-refractivity contribution in [2.75, 3.05) is 32.7 Å².